The molecule has 6 nitrogen and oxygen atoms in total. The Morgan fingerprint density at radius 3 is 2.67 bits per heavy atom. The summed E-state index contributed by atoms with van der Waals surface area (Å²) < 4.78 is 2.03. The van der Waals surface area contributed by atoms with Gasteiger partial charge in [-0.25, -0.2) is 0 Å². The highest BCUT2D eigenvalue weighted by Gasteiger charge is 2.21. The molecule has 1 atom stereocenters. The molecule has 0 bridgehead atoms. The van der Waals surface area contributed by atoms with E-state index in [1.807, 2.05) is 18.5 Å². The maximum absolute atomic E-state index is 4.16. The molecule has 0 aliphatic carbocycles. The van der Waals surface area contributed by atoms with Crippen molar-refractivity contribution in [1.82, 2.24) is 29.9 Å². The minimum absolute atomic E-state index is 0.582. The molecule has 0 radical (unpaired) electrons. The third kappa shape index (κ3) is 3.07. The predicted molar refractivity (Wildman–Crippen MR) is 71.4 cm³/mol. The summed E-state index contributed by atoms with van der Waals surface area (Å²) in [4.78, 5) is 4.81. The summed E-state index contributed by atoms with van der Waals surface area (Å²) in [7, 11) is 6.39. The van der Waals surface area contributed by atoms with Crippen LogP contribution in [0.3, 0.4) is 0 Å². The minimum atomic E-state index is 0.582. The van der Waals surface area contributed by atoms with Gasteiger partial charge in [-0.15, -0.1) is 10.2 Å². The Hall–Kier alpha value is -0.980. The van der Waals surface area contributed by atoms with Gasteiger partial charge in [-0.2, -0.15) is 0 Å². The van der Waals surface area contributed by atoms with Crippen molar-refractivity contribution in [2.24, 2.45) is 7.05 Å². The molecule has 18 heavy (non-hydrogen) atoms. The second-order valence-corrected chi connectivity index (χ2v) is 5.25. The number of piperazine rings is 1. The normalized spacial score (nSPS) is 22.6. The lowest BCUT2D eigenvalue weighted by Gasteiger charge is -2.37. The van der Waals surface area contributed by atoms with Gasteiger partial charge in [0.15, 0.2) is 0 Å². The van der Waals surface area contributed by atoms with Crippen molar-refractivity contribution in [3.8, 4) is 0 Å². The summed E-state index contributed by atoms with van der Waals surface area (Å²) in [6.07, 6.45) is 0. The zero-order valence-electron chi connectivity index (χ0n) is 11.8. The smallest absolute Gasteiger partial charge is 0.146 e. The van der Waals surface area contributed by atoms with Gasteiger partial charge in [0.2, 0.25) is 0 Å². The van der Waals surface area contributed by atoms with Gasteiger partial charge in [-0.1, -0.05) is 0 Å². The number of aromatic nitrogens is 3. The van der Waals surface area contributed by atoms with E-state index in [4.69, 9.17) is 0 Å². The van der Waals surface area contributed by atoms with Crippen LogP contribution in [0.5, 0.6) is 0 Å². The fraction of sp³-hybridized carbons (Fsp3) is 0.833. The zero-order valence-corrected chi connectivity index (χ0v) is 11.8. The van der Waals surface area contributed by atoms with E-state index in [0.717, 1.165) is 44.4 Å². The Morgan fingerprint density at radius 2 is 2.00 bits per heavy atom. The van der Waals surface area contributed by atoms with Crippen LogP contribution in [-0.4, -0.2) is 70.9 Å². The summed E-state index contributed by atoms with van der Waals surface area (Å²) in [6, 6.07) is 0.582. The lowest BCUT2D eigenvalue weighted by Crippen LogP contribution is -2.53. The molecular formula is C12H24N6. The average molecular weight is 252 g/mol. The molecule has 6 heteroatoms. The molecule has 0 amide bonds. The van der Waals surface area contributed by atoms with Crippen molar-refractivity contribution in [2.45, 2.75) is 19.5 Å². The van der Waals surface area contributed by atoms with Crippen molar-refractivity contribution >= 4 is 0 Å². The molecule has 1 N–H and O–H groups in total. The van der Waals surface area contributed by atoms with Gasteiger partial charge >= 0.3 is 0 Å². The molecule has 2 heterocycles. The van der Waals surface area contributed by atoms with Crippen LogP contribution < -0.4 is 5.32 Å². The quantitative estimate of drug-likeness (QED) is 0.780. The van der Waals surface area contributed by atoms with Crippen molar-refractivity contribution in [3.63, 3.8) is 0 Å². The first-order chi connectivity index (χ1) is 8.58. The van der Waals surface area contributed by atoms with Crippen molar-refractivity contribution in [3.05, 3.63) is 11.6 Å². The van der Waals surface area contributed by atoms with Crippen LogP contribution in [0, 0.1) is 6.92 Å². The Morgan fingerprint density at radius 1 is 1.22 bits per heavy atom. The zero-order chi connectivity index (χ0) is 13.1. The summed E-state index contributed by atoms with van der Waals surface area (Å²) in [5, 5.41) is 11.7. The Bertz CT molecular complexity index is 388. The molecule has 1 aromatic rings. The summed E-state index contributed by atoms with van der Waals surface area (Å²) >= 11 is 0. The van der Waals surface area contributed by atoms with Crippen molar-refractivity contribution in [2.75, 3.05) is 40.3 Å². The number of likely N-dealkylation sites (N-methyl/N-ethyl adjacent to an activating group) is 2. The number of hydrogen-bond acceptors (Lipinski definition) is 5. The van der Waals surface area contributed by atoms with Gasteiger partial charge in [0.1, 0.15) is 11.6 Å². The van der Waals surface area contributed by atoms with Crippen LogP contribution in [0.15, 0.2) is 0 Å². The third-order valence-corrected chi connectivity index (χ3v) is 3.83. The molecule has 1 aliphatic rings. The molecule has 1 fully saturated rings. The predicted octanol–water partition coefficient (Wildman–Crippen LogP) is -0.541. The molecule has 1 unspecified atom stereocenters. The van der Waals surface area contributed by atoms with Crippen LogP contribution >= 0.6 is 0 Å². The van der Waals surface area contributed by atoms with Crippen LogP contribution in [0.4, 0.5) is 0 Å². The van der Waals surface area contributed by atoms with Gasteiger partial charge < -0.3 is 14.8 Å². The topological polar surface area (TPSA) is 49.2 Å². The maximum atomic E-state index is 4.16. The summed E-state index contributed by atoms with van der Waals surface area (Å²) in [6.45, 7) is 7.18. The van der Waals surface area contributed by atoms with Gasteiger partial charge in [0.05, 0.1) is 6.54 Å². The average Bonchev–Trinajstić information content (AvgIpc) is 2.65. The third-order valence-electron chi connectivity index (χ3n) is 3.83. The molecule has 1 aliphatic heterocycles. The second kappa shape index (κ2) is 5.77. The minimum Gasteiger partial charge on any atom is -0.317 e. The lowest BCUT2D eigenvalue weighted by atomic mass is 10.2. The fourth-order valence-corrected chi connectivity index (χ4v) is 2.28. The summed E-state index contributed by atoms with van der Waals surface area (Å²) in [5.74, 6) is 1.96. The van der Waals surface area contributed by atoms with Crippen LogP contribution in [0.25, 0.3) is 0 Å². The number of rotatable bonds is 4. The Labute approximate surface area is 109 Å². The molecule has 2 rings (SSSR count). The van der Waals surface area contributed by atoms with Gasteiger partial charge in [0.25, 0.3) is 0 Å². The van der Waals surface area contributed by atoms with Gasteiger partial charge in [-0.05, 0) is 21.0 Å². The lowest BCUT2D eigenvalue weighted by molar-refractivity contribution is 0.113. The molecule has 102 valence electrons. The molecule has 0 spiro atoms. The van der Waals surface area contributed by atoms with Crippen LogP contribution in [0.1, 0.15) is 11.6 Å². The molecule has 1 aromatic heterocycles. The highest BCUT2D eigenvalue weighted by Crippen LogP contribution is 2.05. The molecule has 0 aromatic carbocycles. The number of nitrogens with zero attached hydrogens (tertiary/aromatic N) is 5. The molecule has 0 saturated carbocycles. The molecule has 1 saturated heterocycles. The van der Waals surface area contributed by atoms with Crippen LogP contribution in [0.2, 0.25) is 0 Å². The van der Waals surface area contributed by atoms with E-state index in [2.05, 4.69) is 39.4 Å². The van der Waals surface area contributed by atoms with Gasteiger partial charge in [-0.3, -0.25) is 4.90 Å². The monoisotopic (exact) mass is 252 g/mol. The highest BCUT2D eigenvalue weighted by molar-refractivity contribution is 4.92. The first-order valence-corrected chi connectivity index (χ1v) is 6.52. The van der Waals surface area contributed by atoms with Crippen molar-refractivity contribution in [1.29, 1.82) is 0 Å². The standard InChI is InChI=1S/C12H24N6/c1-10-14-15-12(18(10)4)8-13-7-11-9-16(2)5-6-17(11)3/h11,13H,5-9H2,1-4H3. The number of hydrogen-bond donors (Lipinski definition) is 1. The van der Waals surface area contributed by atoms with Crippen molar-refractivity contribution < 1.29 is 0 Å². The van der Waals surface area contributed by atoms with E-state index >= 15 is 0 Å². The van der Waals surface area contributed by atoms with E-state index in [0.29, 0.717) is 6.04 Å². The first kappa shape index (κ1) is 13.5. The van der Waals surface area contributed by atoms with E-state index in [1.165, 1.54) is 0 Å². The number of aryl methyl sites for hydroxylation is 1. The van der Waals surface area contributed by atoms with Gasteiger partial charge in [0, 0.05) is 39.3 Å². The van der Waals surface area contributed by atoms with E-state index in [-0.39, 0.29) is 0 Å². The van der Waals surface area contributed by atoms with E-state index < -0.39 is 0 Å². The number of nitrogens with one attached hydrogen (secondary N) is 1. The van der Waals surface area contributed by atoms with E-state index in [1.54, 1.807) is 0 Å². The highest BCUT2D eigenvalue weighted by atomic mass is 15.3. The Kier molecular flexibility index (Phi) is 4.31. The van der Waals surface area contributed by atoms with E-state index in [9.17, 15) is 0 Å². The fourth-order valence-electron chi connectivity index (χ4n) is 2.28. The summed E-state index contributed by atoms with van der Waals surface area (Å²) in [5.41, 5.74) is 0. The first-order valence-electron chi connectivity index (χ1n) is 6.52. The van der Waals surface area contributed by atoms with Crippen LogP contribution in [-0.2, 0) is 13.6 Å². The molecular weight excluding hydrogens is 228 g/mol. The second-order valence-electron chi connectivity index (χ2n) is 5.25. The largest absolute Gasteiger partial charge is 0.317 e. The maximum Gasteiger partial charge on any atom is 0.146 e. The SMILES string of the molecule is Cc1nnc(CNCC2CN(C)CCN2C)n1C. The Balaban J connectivity index is 1.79.